The molecule has 27 heavy (non-hydrogen) atoms. The maximum Gasteiger partial charge on any atom is 0.0307 e. The smallest absolute Gasteiger partial charge is 0.0307 e. The quantitative estimate of drug-likeness (QED) is 0.406. The first kappa shape index (κ1) is 25.9. The molecule has 5 heteroatoms. The zero-order valence-corrected chi connectivity index (χ0v) is 25.0. The van der Waals surface area contributed by atoms with Gasteiger partial charge in [-0.15, -0.1) is 0 Å². The molecule has 0 amide bonds. The monoisotopic (exact) mass is 606 g/mol. The van der Waals surface area contributed by atoms with E-state index in [4.69, 9.17) is 0 Å². The van der Waals surface area contributed by atoms with Crippen molar-refractivity contribution in [2.75, 3.05) is 0 Å². The van der Waals surface area contributed by atoms with Crippen molar-refractivity contribution < 1.29 is 47.7 Å². The fourth-order valence-corrected chi connectivity index (χ4v) is 12.3. The molecule has 0 saturated heterocycles. The van der Waals surface area contributed by atoms with Crippen LogP contribution in [-0.2, 0) is 22.9 Å². The van der Waals surface area contributed by atoms with Crippen LogP contribution in [0, 0.1) is 11.8 Å². The van der Waals surface area contributed by atoms with Gasteiger partial charge in [-0.2, -0.15) is 0 Å². The summed E-state index contributed by atoms with van der Waals surface area (Å²) >= 11 is -0.535. The van der Waals surface area contributed by atoms with Crippen molar-refractivity contribution in [1.29, 1.82) is 0 Å². The largest absolute Gasteiger partial charge is 1.00 e. The summed E-state index contributed by atoms with van der Waals surface area (Å²) in [6.07, 6.45) is 23.1. The zero-order chi connectivity index (χ0) is 17.9. The molecule has 0 heterocycles. The van der Waals surface area contributed by atoms with Crippen molar-refractivity contribution in [3.8, 4) is 0 Å². The van der Waals surface area contributed by atoms with Gasteiger partial charge in [-0.3, -0.25) is 0 Å². The van der Waals surface area contributed by atoms with E-state index in [9.17, 15) is 0 Å². The van der Waals surface area contributed by atoms with Gasteiger partial charge in [-0.05, 0) is 0 Å². The van der Waals surface area contributed by atoms with Crippen molar-refractivity contribution in [3.63, 3.8) is 0 Å². The maximum atomic E-state index is 2.49. The first-order chi connectivity index (χ1) is 12.0. The number of hydrogen-bond donors (Lipinski definition) is 0. The molecule has 150 valence electrons. The van der Waals surface area contributed by atoms with E-state index in [1.807, 2.05) is 11.1 Å². The molecule has 0 aromatic rings. The number of hydrogen-bond acceptors (Lipinski definition) is 0. The summed E-state index contributed by atoms with van der Waals surface area (Å²) < 4.78 is 2.18. The van der Waals surface area contributed by atoms with Crippen molar-refractivity contribution >= 4 is 16.6 Å². The van der Waals surface area contributed by atoms with Gasteiger partial charge in [-0.1, -0.05) is 26.2 Å². The van der Waals surface area contributed by atoms with E-state index in [0.717, 1.165) is 19.2 Å². The van der Waals surface area contributed by atoms with E-state index in [2.05, 4.69) is 62.6 Å². The molecule has 0 spiro atoms. The fourth-order valence-electron chi connectivity index (χ4n) is 4.43. The molecule has 0 nitrogen and oxygen atoms in total. The van der Waals surface area contributed by atoms with Crippen LogP contribution in [0.4, 0.5) is 0 Å². The Labute approximate surface area is 194 Å². The summed E-state index contributed by atoms with van der Waals surface area (Å²) in [5, 5.41) is 0. The van der Waals surface area contributed by atoms with Crippen LogP contribution in [0.15, 0.2) is 47.6 Å². The van der Waals surface area contributed by atoms with Gasteiger partial charge >= 0.3 is 128 Å². The van der Waals surface area contributed by atoms with Gasteiger partial charge in [-0.25, -0.2) is 0 Å². The molecule has 0 N–H and O–H groups in total. The van der Waals surface area contributed by atoms with Crippen LogP contribution in [0.25, 0.3) is 0 Å². The molecular formula is C22H36Cl2HfSi2. The average Bonchev–Trinajstić information content (AvgIpc) is 3.20. The minimum absolute atomic E-state index is 0. The van der Waals surface area contributed by atoms with Crippen molar-refractivity contribution in [2.45, 2.75) is 72.1 Å². The fraction of sp³-hybridized carbons (Fsp3) is 0.636. The first-order valence-electron chi connectivity index (χ1n) is 10.5. The zero-order valence-electron chi connectivity index (χ0n) is 17.5. The molecule has 4 atom stereocenters. The predicted octanol–water partition coefficient (Wildman–Crippen LogP) is 0.285. The van der Waals surface area contributed by atoms with Gasteiger partial charge < -0.3 is 24.8 Å². The summed E-state index contributed by atoms with van der Waals surface area (Å²) in [7, 11) is -0.101. The Morgan fingerprint density at radius 2 is 1.22 bits per heavy atom. The van der Waals surface area contributed by atoms with Gasteiger partial charge in [0.1, 0.15) is 0 Å². The molecule has 4 unspecified atom stereocenters. The van der Waals surface area contributed by atoms with E-state index in [1.54, 1.807) is 0 Å². The predicted molar refractivity (Wildman–Crippen MR) is 114 cm³/mol. The van der Waals surface area contributed by atoms with Gasteiger partial charge in [0, 0.05) is 16.6 Å². The van der Waals surface area contributed by atoms with Gasteiger partial charge in [0.25, 0.3) is 0 Å². The second-order valence-corrected chi connectivity index (χ2v) is 29.9. The van der Waals surface area contributed by atoms with Crippen LogP contribution in [0.1, 0.15) is 38.5 Å². The topological polar surface area (TPSA) is 0 Å². The Morgan fingerprint density at radius 3 is 1.59 bits per heavy atom. The van der Waals surface area contributed by atoms with Crippen molar-refractivity contribution in [1.82, 2.24) is 0 Å². The van der Waals surface area contributed by atoms with E-state index in [0.29, 0.717) is 9.04 Å². The number of allylic oxidation sites excluding steroid dienone is 8. The third-order valence-electron chi connectivity index (χ3n) is 6.51. The van der Waals surface area contributed by atoms with Crippen LogP contribution in [0.3, 0.4) is 0 Å². The summed E-state index contributed by atoms with van der Waals surface area (Å²) in [5.41, 5.74) is 3.75. The Balaban J connectivity index is 0.000000403. The van der Waals surface area contributed by atoms with Crippen LogP contribution >= 0.6 is 0 Å². The Morgan fingerprint density at radius 1 is 0.815 bits per heavy atom. The summed E-state index contributed by atoms with van der Waals surface area (Å²) in [4.78, 5) is 0. The molecule has 2 fully saturated rings. The summed E-state index contributed by atoms with van der Waals surface area (Å²) in [5.74, 6) is 1.89. The number of fused-ring (bicyclic) bond motifs is 2. The Bertz CT molecular complexity index is 546. The minimum atomic E-state index is -0.535. The molecule has 0 aromatic heterocycles. The molecule has 0 aromatic carbocycles. The molecule has 4 rings (SSSR count). The standard InChI is InChI=1S/2C9H11.C4H14Si2.2ClH.Hf/c2*1-2-5-9-7-3-6-8(9)4-1;1-5-6(2,3)4;;;/h2*1-2,4,6,9H,3,5,7H2;5H2,1-4H3;2*1H;/q;;;;;+2/p-2. The molecule has 2 saturated carbocycles. The van der Waals surface area contributed by atoms with Crippen LogP contribution < -0.4 is 24.8 Å². The van der Waals surface area contributed by atoms with Gasteiger partial charge in [0.15, 0.2) is 0 Å². The summed E-state index contributed by atoms with van der Waals surface area (Å²) in [6.45, 7) is 9.74. The average molecular weight is 606 g/mol. The normalized spacial score (nSPS) is 30.8. The molecule has 0 aliphatic heterocycles. The molecule has 0 bridgehead atoms. The number of halogens is 2. The van der Waals surface area contributed by atoms with E-state index >= 15 is 0 Å². The van der Waals surface area contributed by atoms with Crippen molar-refractivity contribution in [2.24, 2.45) is 11.8 Å². The van der Waals surface area contributed by atoms with Gasteiger partial charge in [0.05, 0.1) is 0 Å². The second-order valence-electron chi connectivity index (χ2n) is 9.40. The molecular weight excluding hydrogens is 570 g/mol. The van der Waals surface area contributed by atoms with E-state index in [1.165, 1.54) is 38.5 Å². The van der Waals surface area contributed by atoms with Crippen LogP contribution in [-0.4, -0.2) is 16.6 Å². The molecule has 0 radical (unpaired) electrons. The SMILES string of the molecule is C1=CCC2CC[CH]([Hf+2][CH]3CCC4CC=CC=C43)C2=C1.C[SiH2][Si](C)(C)C.[Cl-].[Cl-]. The van der Waals surface area contributed by atoms with Crippen molar-refractivity contribution in [3.05, 3.63) is 47.6 Å². The van der Waals surface area contributed by atoms with Crippen LogP contribution in [0.2, 0.25) is 33.5 Å². The van der Waals surface area contributed by atoms with E-state index in [-0.39, 0.29) is 24.8 Å². The third-order valence-corrected chi connectivity index (χ3v) is 22.4. The summed E-state index contributed by atoms with van der Waals surface area (Å²) in [6, 6.07) is 0. The molecule has 4 aliphatic carbocycles. The Hall–Kier alpha value is 0.844. The molecule has 4 aliphatic rings. The third kappa shape index (κ3) is 7.24. The second kappa shape index (κ2) is 11.9. The first-order valence-corrected chi connectivity index (χ1v) is 21.9. The van der Waals surface area contributed by atoms with Gasteiger partial charge in [0.2, 0.25) is 0 Å². The Kier molecular flexibility index (Phi) is 11.4. The minimum Gasteiger partial charge on any atom is -1.00 e. The maximum absolute atomic E-state index is 2.49. The van der Waals surface area contributed by atoms with Crippen LogP contribution in [0.5, 0.6) is 0 Å². The van der Waals surface area contributed by atoms with E-state index < -0.39 is 30.5 Å². The number of rotatable bonds is 3.